The predicted molar refractivity (Wildman–Crippen MR) is 82.5 cm³/mol. The number of nitrogens with zero attached hydrogens (tertiary/aromatic N) is 1. The Morgan fingerprint density at radius 2 is 1.95 bits per heavy atom. The van der Waals surface area contributed by atoms with Gasteiger partial charge in [-0.2, -0.15) is 0 Å². The van der Waals surface area contributed by atoms with E-state index in [1.165, 1.54) is 0 Å². The van der Waals surface area contributed by atoms with Crippen LogP contribution in [0.25, 0.3) is 0 Å². The Balaban J connectivity index is 2.40. The van der Waals surface area contributed by atoms with Gasteiger partial charge in [0.05, 0.1) is 15.6 Å². The summed E-state index contributed by atoms with van der Waals surface area (Å²) in [4.78, 5) is 14.9. The lowest BCUT2D eigenvalue weighted by Crippen LogP contribution is -2.53. The molecule has 0 N–H and O–H groups in total. The van der Waals surface area contributed by atoms with Gasteiger partial charge in [0.2, 0.25) is 0 Å². The largest absolute Gasteiger partial charge is 0.297 e. The van der Waals surface area contributed by atoms with Crippen molar-refractivity contribution in [2.24, 2.45) is 5.92 Å². The highest BCUT2D eigenvalue weighted by molar-refractivity contribution is 9.10. The van der Waals surface area contributed by atoms with E-state index < -0.39 is 11.4 Å². The maximum atomic E-state index is 14.2. The predicted octanol–water partition coefficient (Wildman–Crippen LogP) is 4.28. The van der Waals surface area contributed by atoms with Gasteiger partial charge in [-0.1, -0.05) is 13.0 Å². The topological polar surface area (TPSA) is 20.3 Å². The zero-order valence-electron chi connectivity index (χ0n) is 12.2. The van der Waals surface area contributed by atoms with Gasteiger partial charge in [-0.05, 0) is 73.8 Å². The number of carbonyl (C=O) groups is 1. The summed E-state index contributed by atoms with van der Waals surface area (Å²) >= 11 is 3.16. The van der Waals surface area contributed by atoms with Crippen LogP contribution in [0, 0.1) is 11.7 Å². The van der Waals surface area contributed by atoms with E-state index in [2.05, 4.69) is 22.9 Å². The molecule has 110 valence electrons. The van der Waals surface area contributed by atoms with Gasteiger partial charge < -0.3 is 0 Å². The van der Waals surface area contributed by atoms with E-state index in [0.717, 1.165) is 25.7 Å². The Morgan fingerprint density at radius 3 is 2.50 bits per heavy atom. The molecular weight excluding hydrogens is 321 g/mol. The molecule has 0 aliphatic heterocycles. The van der Waals surface area contributed by atoms with Crippen LogP contribution in [-0.2, 0) is 0 Å². The number of carbonyl (C=O) groups excluding carboxylic acids is 1. The van der Waals surface area contributed by atoms with Crippen molar-refractivity contribution in [1.82, 2.24) is 4.90 Å². The quantitative estimate of drug-likeness (QED) is 0.764. The summed E-state index contributed by atoms with van der Waals surface area (Å²) < 4.78 is 14.6. The first-order valence-corrected chi connectivity index (χ1v) is 7.84. The van der Waals surface area contributed by atoms with E-state index in [-0.39, 0.29) is 11.3 Å². The summed E-state index contributed by atoms with van der Waals surface area (Å²) in [7, 11) is 3.84. The molecule has 1 aliphatic rings. The van der Waals surface area contributed by atoms with Crippen molar-refractivity contribution in [3.8, 4) is 0 Å². The van der Waals surface area contributed by atoms with Crippen molar-refractivity contribution in [1.29, 1.82) is 0 Å². The van der Waals surface area contributed by atoms with Crippen LogP contribution in [0.3, 0.4) is 0 Å². The first kappa shape index (κ1) is 15.6. The molecule has 20 heavy (non-hydrogen) atoms. The molecule has 1 aromatic rings. The van der Waals surface area contributed by atoms with E-state index in [1.54, 1.807) is 18.2 Å². The highest BCUT2D eigenvalue weighted by atomic mass is 79.9. The van der Waals surface area contributed by atoms with Crippen LogP contribution in [-0.4, -0.2) is 30.3 Å². The van der Waals surface area contributed by atoms with Crippen LogP contribution in [0.2, 0.25) is 0 Å². The summed E-state index contributed by atoms with van der Waals surface area (Å²) in [6, 6.07) is 4.93. The van der Waals surface area contributed by atoms with Gasteiger partial charge in [0.1, 0.15) is 5.82 Å². The zero-order valence-corrected chi connectivity index (χ0v) is 13.8. The lowest BCUT2D eigenvalue weighted by Gasteiger charge is -2.43. The maximum absolute atomic E-state index is 14.2. The second kappa shape index (κ2) is 5.94. The van der Waals surface area contributed by atoms with Crippen molar-refractivity contribution in [2.75, 3.05) is 14.1 Å². The van der Waals surface area contributed by atoms with E-state index in [4.69, 9.17) is 0 Å². The molecular formula is C16H21BrFNO. The van der Waals surface area contributed by atoms with Crippen LogP contribution in [0.1, 0.15) is 43.0 Å². The summed E-state index contributed by atoms with van der Waals surface area (Å²) in [6.07, 6.45) is 3.62. The molecule has 2 rings (SSSR count). The molecule has 0 atom stereocenters. The fraction of sp³-hybridized carbons (Fsp3) is 0.562. The number of likely N-dealkylation sites (N-methyl/N-ethyl adjacent to an activating group) is 1. The van der Waals surface area contributed by atoms with Gasteiger partial charge in [-0.3, -0.25) is 9.69 Å². The zero-order chi connectivity index (χ0) is 14.9. The molecule has 0 saturated heterocycles. The lowest BCUT2D eigenvalue weighted by atomic mass is 9.72. The normalized spacial score (nSPS) is 26.8. The third-order valence-corrected chi connectivity index (χ3v) is 5.19. The minimum atomic E-state index is -0.561. The Hall–Kier alpha value is -0.740. The summed E-state index contributed by atoms with van der Waals surface area (Å²) in [6.45, 7) is 2.21. The molecule has 0 spiro atoms. The average molecular weight is 342 g/mol. The second-order valence-electron chi connectivity index (χ2n) is 6.04. The molecule has 0 aromatic heterocycles. The molecule has 0 amide bonds. The summed E-state index contributed by atoms with van der Waals surface area (Å²) in [5.41, 5.74) is -0.364. The smallest absolute Gasteiger partial charge is 0.186 e. The maximum Gasteiger partial charge on any atom is 0.186 e. The van der Waals surface area contributed by atoms with Crippen molar-refractivity contribution in [2.45, 2.75) is 38.1 Å². The molecule has 0 bridgehead atoms. The fourth-order valence-corrected chi connectivity index (χ4v) is 3.41. The molecule has 0 radical (unpaired) electrons. The minimum Gasteiger partial charge on any atom is -0.297 e. The lowest BCUT2D eigenvalue weighted by molar-refractivity contribution is 0.0509. The van der Waals surface area contributed by atoms with Crippen LogP contribution in [0.5, 0.6) is 0 Å². The van der Waals surface area contributed by atoms with Gasteiger partial charge in [0, 0.05) is 0 Å². The second-order valence-corrected chi connectivity index (χ2v) is 6.89. The van der Waals surface area contributed by atoms with Crippen LogP contribution in [0.4, 0.5) is 4.39 Å². The molecule has 0 heterocycles. The van der Waals surface area contributed by atoms with Crippen LogP contribution >= 0.6 is 15.9 Å². The number of halogens is 2. The molecule has 1 saturated carbocycles. The SMILES string of the molecule is CC1CCC(C(=O)c2cccc(Br)c2F)(N(C)C)CC1. The molecule has 2 nitrogen and oxygen atoms in total. The standard InChI is InChI=1S/C16H21BrFNO/c1-11-7-9-16(10-8-11,19(2)3)15(20)12-5-4-6-13(17)14(12)18/h4-6,11H,7-10H2,1-3H3. The molecule has 1 aliphatic carbocycles. The Labute approximate surface area is 128 Å². The molecule has 4 heteroatoms. The Kier molecular flexibility index (Phi) is 4.65. The Morgan fingerprint density at radius 1 is 1.35 bits per heavy atom. The highest BCUT2D eigenvalue weighted by Gasteiger charge is 2.44. The first-order valence-electron chi connectivity index (χ1n) is 7.05. The Bertz CT molecular complexity index is 507. The molecule has 1 aromatic carbocycles. The number of benzene rings is 1. The van der Waals surface area contributed by atoms with Gasteiger partial charge in [-0.25, -0.2) is 4.39 Å². The molecule has 1 fully saturated rings. The average Bonchev–Trinajstić information content (AvgIpc) is 2.42. The third-order valence-electron chi connectivity index (χ3n) is 4.58. The molecule has 0 unspecified atom stereocenters. The first-order chi connectivity index (χ1) is 9.38. The van der Waals surface area contributed by atoms with Gasteiger partial charge in [-0.15, -0.1) is 0 Å². The highest BCUT2D eigenvalue weighted by Crippen LogP contribution is 2.38. The van der Waals surface area contributed by atoms with Crippen molar-refractivity contribution in [3.05, 3.63) is 34.1 Å². The van der Waals surface area contributed by atoms with Gasteiger partial charge in [0.25, 0.3) is 0 Å². The minimum absolute atomic E-state index is 0.0896. The summed E-state index contributed by atoms with van der Waals surface area (Å²) in [5.74, 6) is 0.105. The number of Topliss-reactive ketones (excluding diaryl/α,β-unsaturated/α-hetero) is 1. The number of rotatable bonds is 3. The van der Waals surface area contributed by atoms with E-state index in [1.807, 2.05) is 19.0 Å². The van der Waals surface area contributed by atoms with Crippen molar-refractivity contribution < 1.29 is 9.18 Å². The van der Waals surface area contributed by atoms with Crippen LogP contribution < -0.4 is 0 Å². The van der Waals surface area contributed by atoms with Gasteiger partial charge >= 0.3 is 0 Å². The number of ketones is 1. The monoisotopic (exact) mass is 341 g/mol. The number of hydrogen-bond acceptors (Lipinski definition) is 2. The van der Waals surface area contributed by atoms with E-state index in [0.29, 0.717) is 10.4 Å². The number of hydrogen-bond donors (Lipinski definition) is 0. The van der Waals surface area contributed by atoms with Crippen LogP contribution in [0.15, 0.2) is 22.7 Å². The third kappa shape index (κ3) is 2.68. The summed E-state index contributed by atoms with van der Waals surface area (Å²) in [5, 5.41) is 0. The van der Waals surface area contributed by atoms with Crippen molar-refractivity contribution in [3.63, 3.8) is 0 Å². The van der Waals surface area contributed by atoms with E-state index in [9.17, 15) is 9.18 Å². The van der Waals surface area contributed by atoms with Crippen molar-refractivity contribution >= 4 is 21.7 Å². The van der Waals surface area contributed by atoms with E-state index >= 15 is 0 Å². The van der Waals surface area contributed by atoms with Gasteiger partial charge in [0.15, 0.2) is 5.78 Å². The fourth-order valence-electron chi connectivity index (χ4n) is 3.05.